The Morgan fingerprint density at radius 3 is 1.43 bits per heavy atom. The molecule has 0 radical (unpaired) electrons. The zero-order valence-corrected chi connectivity index (χ0v) is 59.7. The van der Waals surface area contributed by atoms with Crippen molar-refractivity contribution in [2.45, 2.75) is 216 Å². The highest BCUT2D eigenvalue weighted by Crippen LogP contribution is 2.28. The first-order valence-electron chi connectivity index (χ1n) is 32.8. The molecule has 1 aliphatic rings. The van der Waals surface area contributed by atoms with Gasteiger partial charge in [0.1, 0.15) is 66.2 Å². The number of nitrogen functional groups attached to an aromatic ring is 2. The smallest absolute Gasteiger partial charge is 0.246 e. The van der Waals surface area contributed by atoms with Gasteiger partial charge in [0.25, 0.3) is 0 Å². The van der Waals surface area contributed by atoms with E-state index in [1.54, 1.807) is 53.7 Å². The first-order chi connectivity index (χ1) is 43.0. The monoisotopic (exact) mass is 1310 g/mol. The average Bonchev–Trinajstić information content (AvgIpc) is 1.56. The van der Waals surface area contributed by atoms with Crippen LogP contribution >= 0.6 is 0 Å². The van der Waals surface area contributed by atoms with Crippen LogP contribution in [-0.2, 0) is 59.2 Å². The number of H-pyrrole nitrogens is 1. The quantitative estimate of drug-likeness (QED) is 0.119. The van der Waals surface area contributed by atoms with Crippen molar-refractivity contribution in [3.63, 3.8) is 0 Å². The molecule has 0 spiro atoms. The molecule has 11 amide bonds. The molecule has 1 saturated heterocycles. The Bertz CT molecular complexity index is 2930. The Labute approximate surface area is 551 Å². The molecule has 27 heteroatoms. The SMILES string of the molecule is CC[C@@H]1NC(=O)[C@H]([C@H](O)[C@H](C)Cc2nc3cc(N)c(N)cc3[nH]2)N(C)C(=O)[C@H](C(C)C)N(C)C(=O)[C@H](CC(C)C)N(C)C(=O)[C@H](CC(C)C)N(C)C(=O)[C@@H](C)NC(=O)[C@H](C)NC(=O)[C@H](CC(C)C)N(C)C(=O)[C@H](C(C)C)NC(=O)[C@H](CC(C)C)N(C)C(=O)CN(C)C1=O. The van der Waals surface area contributed by atoms with Crippen LogP contribution in [0.15, 0.2) is 12.1 Å². The Morgan fingerprint density at radius 2 is 0.935 bits per heavy atom. The normalized spacial score (nSPS) is 25.6. The highest BCUT2D eigenvalue weighted by atomic mass is 16.3. The molecule has 0 unspecified atom stereocenters. The predicted octanol–water partition coefficient (Wildman–Crippen LogP) is 2.59. The zero-order chi connectivity index (χ0) is 71.3. The maximum atomic E-state index is 15.4. The second kappa shape index (κ2) is 34.5. The van der Waals surface area contributed by atoms with Crippen LogP contribution in [0.5, 0.6) is 0 Å². The third kappa shape index (κ3) is 20.7. The van der Waals surface area contributed by atoms with E-state index in [-0.39, 0.29) is 62.2 Å². The molecule has 0 saturated carbocycles. The van der Waals surface area contributed by atoms with E-state index in [4.69, 9.17) is 11.5 Å². The topological polar surface area (TPSA) is 360 Å². The van der Waals surface area contributed by atoms with Gasteiger partial charge in [-0.3, -0.25) is 52.7 Å². The number of amides is 11. The summed E-state index contributed by atoms with van der Waals surface area (Å²) in [6.45, 7) is 27.3. The second-order valence-corrected chi connectivity index (χ2v) is 28.2. The molecule has 1 aromatic heterocycles. The molecular weight excluding hydrogens is 1190 g/mol. The van der Waals surface area contributed by atoms with Gasteiger partial charge in [0.15, 0.2) is 0 Å². The molecule has 10 N–H and O–H groups in total. The number of imidazole rings is 1. The van der Waals surface area contributed by atoms with Crippen LogP contribution in [-0.4, -0.2) is 237 Å². The Balaban J connectivity index is 2.33. The summed E-state index contributed by atoms with van der Waals surface area (Å²) in [5, 5.41) is 23.5. The predicted molar refractivity (Wildman–Crippen MR) is 358 cm³/mol. The van der Waals surface area contributed by atoms with E-state index in [0.717, 1.165) is 9.80 Å². The van der Waals surface area contributed by atoms with E-state index in [9.17, 15) is 38.7 Å². The number of nitrogens with zero attached hydrogens (tertiary/aromatic N) is 8. The maximum absolute atomic E-state index is 15.4. The van der Waals surface area contributed by atoms with Crippen molar-refractivity contribution >= 4 is 87.4 Å². The summed E-state index contributed by atoms with van der Waals surface area (Å²) in [6, 6.07) is -9.56. The number of anilines is 2. The fraction of sp³-hybridized carbons (Fsp3) is 0.727. The van der Waals surface area contributed by atoms with Crippen LogP contribution in [0.2, 0.25) is 0 Å². The number of nitrogens with one attached hydrogen (secondary N) is 5. The van der Waals surface area contributed by atoms with E-state index < -0.39 is 156 Å². The summed E-state index contributed by atoms with van der Waals surface area (Å²) >= 11 is 0. The molecule has 1 fully saturated rings. The number of carbonyl (C=O) groups is 11. The molecule has 2 aromatic rings. The van der Waals surface area contributed by atoms with E-state index in [1.807, 2.05) is 55.4 Å². The molecule has 93 heavy (non-hydrogen) atoms. The number of aliphatic hydroxyl groups is 1. The van der Waals surface area contributed by atoms with Crippen molar-refractivity contribution in [2.24, 2.45) is 41.4 Å². The lowest BCUT2D eigenvalue weighted by Crippen LogP contribution is -2.63. The van der Waals surface area contributed by atoms with Crippen LogP contribution in [0.3, 0.4) is 0 Å². The van der Waals surface area contributed by atoms with Gasteiger partial charge in [0.2, 0.25) is 65.0 Å². The summed E-state index contributed by atoms with van der Waals surface area (Å²) < 4.78 is 0. The molecule has 0 aliphatic carbocycles. The molecular formula is C66H113N15O12. The van der Waals surface area contributed by atoms with Crippen molar-refractivity contribution in [3.8, 4) is 0 Å². The van der Waals surface area contributed by atoms with Crippen molar-refractivity contribution < 1.29 is 57.8 Å². The van der Waals surface area contributed by atoms with Crippen LogP contribution in [0, 0.1) is 41.4 Å². The summed E-state index contributed by atoms with van der Waals surface area (Å²) in [6.07, 6.45) is -1.14. The fourth-order valence-electron chi connectivity index (χ4n) is 11.9. The largest absolute Gasteiger partial charge is 0.397 e. The summed E-state index contributed by atoms with van der Waals surface area (Å²) in [5.74, 6) is -10.0. The number of rotatable bonds is 15. The van der Waals surface area contributed by atoms with Crippen molar-refractivity contribution in [1.29, 1.82) is 0 Å². The van der Waals surface area contributed by atoms with Crippen LogP contribution in [0.25, 0.3) is 11.0 Å². The summed E-state index contributed by atoms with van der Waals surface area (Å²) in [4.78, 5) is 178. The number of aromatic nitrogens is 2. The maximum Gasteiger partial charge on any atom is 0.246 e. The van der Waals surface area contributed by atoms with Gasteiger partial charge < -0.3 is 77.1 Å². The van der Waals surface area contributed by atoms with Gasteiger partial charge in [0, 0.05) is 55.8 Å². The van der Waals surface area contributed by atoms with Gasteiger partial charge in [-0.15, -0.1) is 0 Å². The van der Waals surface area contributed by atoms with Crippen LogP contribution in [0.4, 0.5) is 11.4 Å². The van der Waals surface area contributed by atoms with Crippen LogP contribution < -0.4 is 32.7 Å². The molecule has 1 aliphatic heterocycles. The van der Waals surface area contributed by atoms with Crippen molar-refractivity contribution in [2.75, 3.05) is 67.3 Å². The van der Waals surface area contributed by atoms with E-state index in [0.29, 0.717) is 28.2 Å². The van der Waals surface area contributed by atoms with Crippen LogP contribution in [0.1, 0.15) is 149 Å². The number of hydrogen-bond donors (Lipinski definition) is 8. The Hall–Kier alpha value is -7.58. The number of benzene rings is 1. The van der Waals surface area contributed by atoms with E-state index in [1.165, 1.54) is 87.7 Å². The van der Waals surface area contributed by atoms with Gasteiger partial charge in [-0.25, -0.2) is 4.98 Å². The number of fused-ring (bicyclic) bond motifs is 1. The first kappa shape index (κ1) is 79.7. The van der Waals surface area contributed by atoms with Crippen molar-refractivity contribution in [3.05, 3.63) is 18.0 Å². The van der Waals surface area contributed by atoms with Gasteiger partial charge in [-0.05, 0) is 99.5 Å². The molecule has 3 rings (SSSR count). The van der Waals surface area contributed by atoms with E-state index >= 15 is 19.2 Å². The number of nitrogens with two attached hydrogens (primary N) is 2. The molecule has 27 nitrogen and oxygen atoms in total. The first-order valence-corrected chi connectivity index (χ1v) is 32.8. The Kier molecular flexibility index (Phi) is 29.6. The molecule has 2 heterocycles. The third-order valence-corrected chi connectivity index (χ3v) is 17.6. The summed E-state index contributed by atoms with van der Waals surface area (Å²) in [5.41, 5.74) is 13.8. The van der Waals surface area contributed by atoms with Crippen molar-refractivity contribution in [1.82, 2.24) is 65.5 Å². The number of aliphatic hydroxyl groups excluding tert-OH is 1. The highest BCUT2D eigenvalue weighted by molar-refractivity contribution is 6.00. The van der Waals surface area contributed by atoms with E-state index in [2.05, 4.69) is 31.2 Å². The average molecular weight is 1310 g/mol. The lowest BCUT2D eigenvalue weighted by Gasteiger charge is -2.41. The number of likely N-dealkylation sites (N-methyl/N-ethyl adjacent to an activating group) is 7. The fourth-order valence-corrected chi connectivity index (χ4v) is 11.9. The second-order valence-electron chi connectivity index (χ2n) is 28.2. The van der Waals surface area contributed by atoms with Gasteiger partial charge in [-0.2, -0.15) is 0 Å². The molecule has 524 valence electrons. The number of hydrogen-bond acceptors (Lipinski definition) is 15. The third-order valence-electron chi connectivity index (χ3n) is 17.6. The number of carbonyl (C=O) groups excluding carboxylic acids is 11. The highest BCUT2D eigenvalue weighted by Gasteiger charge is 2.46. The van der Waals surface area contributed by atoms with Gasteiger partial charge >= 0.3 is 0 Å². The lowest BCUT2D eigenvalue weighted by molar-refractivity contribution is -0.157. The van der Waals surface area contributed by atoms with Gasteiger partial charge in [0.05, 0.1) is 35.1 Å². The minimum Gasteiger partial charge on any atom is -0.397 e. The standard InChI is InChI=1S/C66H113N15O12/c1-24-44-62(89)75(17)32-52(82)76(18)47(25-33(2)3)59(86)74-53(37(10)11)65(92)77(19)48(26-34(4)5)58(85)69-40(15)57(84)70-41(16)61(88)78(20)49(27-35(6)7)63(90)79(21)50(28-36(8)9)64(91)80(22)54(38(12)13)66(93)81(23)55(60(87)73-44)56(83)39(14)29-51-71-45-30-42(67)43(68)31-46(45)72-51/h30-31,33-41,44,47-50,53-56,83H,24-29,32,67-68H2,1-23H3,(H,69,85)(H,70,84)(H,71,72)(H,73,87)(H,74,86)/t39-,40+,41-,44+,47+,48+,49+,50+,53+,54+,55+,56-/m1/s1. The Morgan fingerprint density at radius 1 is 0.495 bits per heavy atom. The summed E-state index contributed by atoms with van der Waals surface area (Å²) in [7, 11) is 9.81. The minimum absolute atomic E-state index is 0.0261. The number of aromatic amines is 1. The molecule has 12 atom stereocenters. The molecule has 1 aromatic carbocycles. The lowest BCUT2D eigenvalue weighted by atomic mass is 9.91. The van der Waals surface area contributed by atoms with Gasteiger partial charge in [-0.1, -0.05) is 96.9 Å². The molecule has 0 bridgehead atoms. The minimum atomic E-state index is -1.74. The zero-order valence-electron chi connectivity index (χ0n) is 59.7.